The molecular formula is C11H16N2O2. The predicted molar refractivity (Wildman–Crippen MR) is 60.2 cm³/mol. The van der Waals surface area contributed by atoms with Crippen molar-refractivity contribution in [3.8, 4) is 5.75 Å². The molecule has 0 aliphatic rings. The summed E-state index contributed by atoms with van der Waals surface area (Å²) in [7, 11) is 0. The van der Waals surface area contributed by atoms with Crippen LogP contribution in [0.5, 0.6) is 5.75 Å². The first-order valence-electron chi connectivity index (χ1n) is 5.03. The normalized spacial score (nSPS) is 9.73. The molecule has 0 fully saturated rings. The van der Waals surface area contributed by atoms with Crippen LogP contribution < -0.4 is 10.2 Å². The maximum Gasteiger partial charge on any atom is 0.321 e. The Hall–Kier alpha value is -1.71. The summed E-state index contributed by atoms with van der Waals surface area (Å²) >= 11 is 0. The highest BCUT2D eigenvalue weighted by molar-refractivity contribution is 5.92. The molecule has 1 rings (SSSR count). The van der Waals surface area contributed by atoms with E-state index in [0.717, 1.165) is 0 Å². The van der Waals surface area contributed by atoms with E-state index in [1.54, 1.807) is 29.2 Å². The average molecular weight is 208 g/mol. The van der Waals surface area contributed by atoms with Crippen molar-refractivity contribution in [1.82, 2.24) is 5.32 Å². The molecule has 0 heterocycles. The van der Waals surface area contributed by atoms with Crippen LogP contribution in [0.15, 0.2) is 24.3 Å². The van der Waals surface area contributed by atoms with E-state index in [1.165, 1.54) is 0 Å². The Labute approximate surface area is 89.5 Å². The number of urea groups is 1. The Morgan fingerprint density at radius 1 is 1.47 bits per heavy atom. The molecule has 1 aromatic carbocycles. The van der Waals surface area contributed by atoms with E-state index in [1.807, 2.05) is 13.8 Å². The lowest BCUT2D eigenvalue weighted by Crippen LogP contribution is -2.39. The van der Waals surface area contributed by atoms with Gasteiger partial charge in [0.05, 0.1) is 0 Å². The molecule has 0 aromatic heterocycles. The van der Waals surface area contributed by atoms with Crippen molar-refractivity contribution < 1.29 is 9.90 Å². The number of phenolic OH excluding ortho intramolecular Hbond substituents is 1. The van der Waals surface area contributed by atoms with Crippen molar-refractivity contribution in [2.75, 3.05) is 18.0 Å². The molecule has 0 saturated carbocycles. The topological polar surface area (TPSA) is 52.6 Å². The van der Waals surface area contributed by atoms with Crippen LogP contribution in [0.4, 0.5) is 10.5 Å². The fourth-order valence-electron chi connectivity index (χ4n) is 1.35. The first-order chi connectivity index (χ1) is 7.19. The molecular weight excluding hydrogens is 192 g/mol. The van der Waals surface area contributed by atoms with Gasteiger partial charge in [-0.15, -0.1) is 0 Å². The van der Waals surface area contributed by atoms with E-state index in [0.29, 0.717) is 18.8 Å². The zero-order valence-electron chi connectivity index (χ0n) is 9.03. The van der Waals surface area contributed by atoms with Gasteiger partial charge < -0.3 is 10.4 Å². The number of aromatic hydroxyl groups is 1. The van der Waals surface area contributed by atoms with E-state index in [-0.39, 0.29) is 11.8 Å². The second-order valence-electron chi connectivity index (χ2n) is 3.10. The molecule has 0 atom stereocenters. The van der Waals surface area contributed by atoms with Crippen LogP contribution in [0.3, 0.4) is 0 Å². The molecule has 2 N–H and O–H groups in total. The first kappa shape index (κ1) is 11.4. The summed E-state index contributed by atoms with van der Waals surface area (Å²) in [6, 6.07) is 6.50. The van der Waals surface area contributed by atoms with Crippen molar-refractivity contribution in [3.05, 3.63) is 24.3 Å². The lowest BCUT2D eigenvalue weighted by Gasteiger charge is -2.21. The summed E-state index contributed by atoms with van der Waals surface area (Å²) in [5.74, 6) is 0.162. The number of nitrogens with one attached hydrogen (secondary N) is 1. The van der Waals surface area contributed by atoms with Crippen molar-refractivity contribution in [3.63, 3.8) is 0 Å². The van der Waals surface area contributed by atoms with Crippen molar-refractivity contribution in [2.24, 2.45) is 0 Å². The zero-order chi connectivity index (χ0) is 11.3. The number of hydrogen-bond donors (Lipinski definition) is 2. The van der Waals surface area contributed by atoms with E-state index < -0.39 is 0 Å². The fourth-order valence-corrected chi connectivity index (χ4v) is 1.35. The van der Waals surface area contributed by atoms with Crippen LogP contribution in [0.2, 0.25) is 0 Å². The van der Waals surface area contributed by atoms with E-state index in [9.17, 15) is 9.90 Å². The minimum Gasteiger partial charge on any atom is -0.508 e. The minimum atomic E-state index is -0.148. The largest absolute Gasteiger partial charge is 0.508 e. The predicted octanol–water partition coefficient (Wildman–Crippen LogP) is 1.95. The van der Waals surface area contributed by atoms with Crippen LogP contribution in [-0.2, 0) is 0 Å². The highest BCUT2D eigenvalue weighted by Crippen LogP contribution is 2.19. The maximum atomic E-state index is 11.6. The molecule has 15 heavy (non-hydrogen) atoms. The quantitative estimate of drug-likeness (QED) is 0.797. The highest BCUT2D eigenvalue weighted by Gasteiger charge is 2.12. The fraction of sp³-hybridized carbons (Fsp3) is 0.364. The third kappa shape index (κ3) is 2.87. The molecule has 4 heteroatoms. The van der Waals surface area contributed by atoms with Gasteiger partial charge in [-0.2, -0.15) is 0 Å². The van der Waals surface area contributed by atoms with Crippen LogP contribution in [0.1, 0.15) is 13.8 Å². The van der Waals surface area contributed by atoms with Gasteiger partial charge in [0.25, 0.3) is 0 Å². The smallest absolute Gasteiger partial charge is 0.321 e. The third-order valence-electron chi connectivity index (χ3n) is 2.03. The molecule has 1 aromatic rings. The number of nitrogens with zero attached hydrogens (tertiary/aromatic N) is 1. The molecule has 0 radical (unpaired) electrons. The van der Waals surface area contributed by atoms with Crippen LogP contribution in [-0.4, -0.2) is 24.2 Å². The van der Waals surface area contributed by atoms with Crippen molar-refractivity contribution in [2.45, 2.75) is 13.8 Å². The Kier molecular flexibility index (Phi) is 3.97. The minimum absolute atomic E-state index is 0.148. The number of rotatable bonds is 3. The van der Waals surface area contributed by atoms with E-state index >= 15 is 0 Å². The Morgan fingerprint density at radius 2 is 2.20 bits per heavy atom. The number of carbonyl (C=O) groups is 1. The number of phenols is 1. The number of carbonyl (C=O) groups excluding carboxylic acids is 1. The summed E-state index contributed by atoms with van der Waals surface area (Å²) in [6.07, 6.45) is 0. The molecule has 2 amide bonds. The number of amides is 2. The van der Waals surface area contributed by atoms with Gasteiger partial charge in [0.1, 0.15) is 5.75 Å². The second-order valence-corrected chi connectivity index (χ2v) is 3.10. The second kappa shape index (κ2) is 5.24. The average Bonchev–Trinajstić information content (AvgIpc) is 2.19. The van der Waals surface area contributed by atoms with Gasteiger partial charge in [0, 0.05) is 24.8 Å². The molecule has 0 unspecified atom stereocenters. The number of hydrogen-bond acceptors (Lipinski definition) is 2. The maximum absolute atomic E-state index is 11.6. The summed E-state index contributed by atoms with van der Waals surface area (Å²) in [5, 5.41) is 12.0. The monoisotopic (exact) mass is 208 g/mol. The van der Waals surface area contributed by atoms with Crippen LogP contribution in [0.25, 0.3) is 0 Å². The number of anilines is 1. The van der Waals surface area contributed by atoms with Gasteiger partial charge in [-0.1, -0.05) is 6.07 Å². The first-order valence-corrected chi connectivity index (χ1v) is 5.03. The molecule has 0 bridgehead atoms. The van der Waals surface area contributed by atoms with Crippen molar-refractivity contribution >= 4 is 11.7 Å². The Morgan fingerprint density at radius 3 is 2.73 bits per heavy atom. The highest BCUT2D eigenvalue weighted by atomic mass is 16.3. The van der Waals surface area contributed by atoms with Gasteiger partial charge in [0.15, 0.2) is 0 Å². The number of benzene rings is 1. The third-order valence-corrected chi connectivity index (χ3v) is 2.03. The van der Waals surface area contributed by atoms with E-state index in [2.05, 4.69) is 5.32 Å². The lowest BCUT2D eigenvalue weighted by atomic mass is 10.3. The zero-order valence-corrected chi connectivity index (χ0v) is 9.03. The standard InChI is InChI=1S/C11H16N2O2/c1-3-12-11(15)13(4-2)9-6-5-7-10(14)8-9/h5-8,14H,3-4H2,1-2H3,(H,12,15). The van der Waals surface area contributed by atoms with Gasteiger partial charge in [0.2, 0.25) is 0 Å². The van der Waals surface area contributed by atoms with Crippen molar-refractivity contribution in [1.29, 1.82) is 0 Å². The summed E-state index contributed by atoms with van der Waals surface area (Å²) in [6.45, 7) is 4.91. The molecule has 0 aliphatic carbocycles. The molecule has 4 nitrogen and oxygen atoms in total. The lowest BCUT2D eigenvalue weighted by molar-refractivity contribution is 0.247. The van der Waals surface area contributed by atoms with Crippen LogP contribution >= 0.6 is 0 Å². The van der Waals surface area contributed by atoms with Gasteiger partial charge in [-0.25, -0.2) is 4.79 Å². The Balaban J connectivity index is 2.87. The van der Waals surface area contributed by atoms with E-state index in [4.69, 9.17) is 0 Å². The summed E-state index contributed by atoms with van der Waals surface area (Å²) in [5.41, 5.74) is 0.698. The SMILES string of the molecule is CCNC(=O)N(CC)c1cccc(O)c1. The van der Waals surface area contributed by atoms with Gasteiger partial charge in [-0.05, 0) is 26.0 Å². The molecule has 0 spiro atoms. The van der Waals surface area contributed by atoms with Gasteiger partial charge >= 0.3 is 6.03 Å². The summed E-state index contributed by atoms with van der Waals surface area (Å²) in [4.78, 5) is 13.2. The summed E-state index contributed by atoms with van der Waals surface area (Å²) < 4.78 is 0. The molecule has 0 saturated heterocycles. The molecule has 0 aliphatic heterocycles. The Bertz CT molecular complexity index is 339. The molecule has 82 valence electrons. The van der Waals surface area contributed by atoms with Crippen LogP contribution in [0, 0.1) is 0 Å². The van der Waals surface area contributed by atoms with Gasteiger partial charge in [-0.3, -0.25) is 4.90 Å².